The molecule has 1 aliphatic heterocycles. The molecule has 0 radical (unpaired) electrons. The maximum Gasteiger partial charge on any atom is 0.335 e. The van der Waals surface area contributed by atoms with Gasteiger partial charge in [-0.2, -0.15) is 0 Å². The number of carboxylic acid groups (broad SMARTS) is 1. The van der Waals surface area contributed by atoms with Gasteiger partial charge in [-0.1, -0.05) is 47.9 Å². The zero-order chi connectivity index (χ0) is 18.8. The van der Waals surface area contributed by atoms with Crippen molar-refractivity contribution in [3.8, 4) is 11.5 Å². The van der Waals surface area contributed by atoms with Gasteiger partial charge in [-0.25, -0.2) is 4.79 Å². The summed E-state index contributed by atoms with van der Waals surface area (Å²) in [4.78, 5) is 25.5. The largest absolute Gasteiger partial charge is 0.870 e. The first-order valence-corrected chi connectivity index (χ1v) is 8.59. The Kier molecular flexibility index (Phi) is 4.97. The summed E-state index contributed by atoms with van der Waals surface area (Å²) in [6, 6.07) is 10.5. The van der Waals surface area contributed by atoms with E-state index in [0.717, 1.165) is 11.8 Å². The molecule has 1 fully saturated rings. The molecule has 2 aromatic rings. The molecule has 0 aliphatic carbocycles. The van der Waals surface area contributed by atoms with Crippen LogP contribution in [0, 0.1) is 0 Å². The lowest BCUT2D eigenvalue weighted by Gasteiger charge is -2.15. The van der Waals surface area contributed by atoms with Gasteiger partial charge in [0.2, 0.25) is 0 Å². The van der Waals surface area contributed by atoms with Crippen molar-refractivity contribution in [3.63, 3.8) is 0 Å². The molecule has 6 nitrogen and oxygen atoms in total. The highest BCUT2D eigenvalue weighted by molar-refractivity contribution is 8.27. The molecule has 1 N–H and O–H groups in total. The second-order valence-corrected chi connectivity index (χ2v) is 6.96. The minimum Gasteiger partial charge on any atom is -0.870 e. The molecular formula is C18H12NO5S2-. The number of amides is 1. The number of carbonyl (C=O) groups excluding carboxylic acids is 1. The number of thiocarbonyl (C=S) groups is 1. The molecule has 8 heteroatoms. The van der Waals surface area contributed by atoms with Crippen molar-refractivity contribution < 1.29 is 24.5 Å². The maximum atomic E-state index is 12.7. The predicted octanol–water partition coefficient (Wildman–Crippen LogP) is 2.87. The lowest BCUT2D eigenvalue weighted by atomic mass is 10.1. The van der Waals surface area contributed by atoms with Gasteiger partial charge in [0.1, 0.15) is 5.75 Å². The molecular weight excluding hydrogens is 374 g/mol. The number of rotatable bonds is 4. The van der Waals surface area contributed by atoms with Crippen molar-refractivity contribution in [2.75, 3.05) is 12.0 Å². The minimum atomic E-state index is -1.09. The molecule has 26 heavy (non-hydrogen) atoms. The van der Waals surface area contributed by atoms with Crippen LogP contribution in [-0.4, -0.2) is 28.4 Å². The molecule has 0 saturated carbocycles. The zero-order valence-electron chi connectivity index (χ0n) is 13.5. The molecule has 132 valence electrons. The van der Waals surface area contributed by atoms with E-state index in [-0.39, 0.29) is 23.0 Å². The molecule has 1 aliphatic rings. The summed E-state index contributed by atoms with van der Waals surface area (Å²) in [6.45, 7) is 0. The summed E-state index contributed by atoms with van der Waals surface area (Å²) in [5, 5.41) is 20.7. The number of hydrogen-bond donors (Lipinski definition) is 1. The van der Waals surface area contributed by atoms with Crippen LogP contribution in [0.4, 0.5) is 5.69 Å². The number of thioether (sulfide) groups is 1. The number of hydrogen-bond acceptors (Lipinski definition) is 6. The normalized spacial score (nSPS) is 15.6. The molecule has 0 bridgehead atoms. The molecule has 0 spiro atoms. The first kappa shape index (κ1) is 18.0. The van der Waals surface area contributed by atoms with Crippen molar-refractivity contribution >= 4 is 51.9 Å². The van der Waals surface area contributed by atoms with Crippen molar-refractivity contribution in [2.45, 2.75) is 0 Å². The van der Waals surface area contributed by atoms with Gasteiger partial charge in [0.15, 0.2) is 4.32 Å². The summed E-state index contributed by atoms with van der Waals surface area (Å²) in [5.74, 6) is -1.50. The van der Waals surface area contributed by atoms with E-state index in [1.807, 2.05) is 0 Å². The Hall–Kier alpha value is -2.84. The van der Waals surface area contributed by atoms with Gasteiger partial charge in [-0.05, 0) is 35.9 Å². The average molecular weight is 386 g/mol. The molecule has 1 amide bonds. The van der Waals surface area contributed by atoms with Crippen LogP contribution in [0.3, 0.4) is 0 Å². The summed E-state index contributed by atoms with van der Waals surface area (Å²) in [5.41, 5.74) is 1.08. The van der Waals surface area contributed by atoms with Gasteiger partial charge in [-0.15, -0.1) is 0 Å². The van der Waals surface area contributed by atoms with Crippen molar-refractivity contribution in [3.05, 3.63) is 58.5 Å². The average Bonchev–Trinajstić information content (AvgIpc) is 2.90. The zero-order valence-corrected chi connectivity index (χ0v) is 15.1. The number of carbonyl (C=O) groups is 2. The van der Waals surface area contributed by atoms with E-state index in [9.17, 15) is 14.7 Å². The van der Waals surface area contributed by atoms with Gasteiger partial charge in [-0.3, -0.25) is 9.69 Å². The van der Waals surface area contributed by atoms with E-state index in [2.05, 4.69) is 0 Å². The Morgan fingerprint density at radius 2 is 2.08 bits per heavy atom. The summed E-state index contributed by atoms with van der Waals surface area (Å²) < 4.78 is 5.30. The second kappa shape index (κ2) is 7.19. The van der Waals surface area contributed by atoms with Gasteiger partial charge < -0.3 is 14.9 Å². The molecule has 0 unspecified atom stereocenters. The van der Waals surface area contributed by atoms with Gasteiger partial charge in [0, 0.05) is 0 Å². The van der Waals surface area contributed by atoms with Gasteiger partial charge in [0.05, 0.1) is 23.3 Å². The number of nitrogens with zero attached hydrogens (tertiary/aromatic N) is 1. The van der Waals surface area contributed by atoms with Crippen LogP contribution < -0.4 is 14.7 Å². The Morgan fingerprint density at radius 3 is 2.77 bits per heavy atom. The Balaban J connectivity index is 1.94. The van der Waals surface area contributed by atoms with E-state index in [1.165, 1.54) is 30.2 Å². The van der Waals surface area contributed by atoms with E-state index >= 15 is 0 Å². The molecule has 0 aromatic heterocycles. The quantitative estimate of drug-likeness (QED) is 0.638. The third-order valence-electron chi connectivity index (χ3n) is 3.63. The van der Waals surface area contributed by atoms with Crippen LogP contribution in [0.25, 0.3) is 6.08 Å². The van der Waals surface area contributed by atoms with E-state index in [4.69, 9.17) is 22.1 Å². The second-order valence-electron chi connectivity index (χ2n) is 5.28. The SMILES string of the molecule is COc1cc(C=C2SC(=S)N(c3cccc(C(=O)O)c3)C2=O)ccc1[O-]. The monoisotopic (exact) mass is 386 g/mol. The number of methoxy groups -OCH3 is 1. The lowest BCUT2D eigenvalue weighted by Crippen LogP contribution is -2.27. The van der Waals surface area contributed by atoms with Crippen LogP contribution in [0.1, 0.15) is 15.9 Å². The highest BCUT2D eigenvalue weighted by Gasteiger charge is 2.33. The Bertz CT molecular complexity index is 954. The summed E-state index contributed by atoms with van der Waals surface area (Å²) in [6.07, 6.45) is 1.61. The van der Waals surface area contributed by atoms with Crippen molar-refractivity contribution in [1.82, 2.24) is 0 Å². The predicted molar refractivity (Wildman–Crippen MR) is 101 cm³/mol. The van der Waals surface area contributed by atoms with Crippen LogP contribution in [-0.2, 0) is 4.79 Å². The van der Waals surface area contributed by atoms with Gasteiger partial charge >= 0.3 is 5.97 Å². The number of carboxylic acids is 1. The molecule has 1 saturated heterocycles. The fourth-order valence-corrected chi connectivity index (χ4v) is 3.69. The third kappa shape index (κ3) is 3.42. The molecule has 2 aromatic carbocycles. The fraction of sp³-hybridized carbons (Fsp3) is 0.0556. The lowest BCUT2D eigenvalue weighted by molar-refractivity contribution is -0.270. The van der Waals surface area contributed by atoms with Crippen molar-refractivity contribution in [2.24, 2.45) is 0 Å². The highest BCUT2D eigenvalue weighted by Crippen LogP contribution is 2.37. The first-order chi connectivity index (χ1) is 12.4. The van der Waals surface area contributed by atoms with Crippen LogP contribution >= 0.6 is 24.0 Å². The van der Waals surface area contributed by atoms with Crippen LogP contribution in [0.2, 0.25) is 0 Å². The smallest absolute Gasteiger partial charge is 0.335 e. The van der Waals surface area contributed by atoms with Gasteiger partial charge in [0.25, 0.3) is 5.91 Å². The number of anilines is 1. The van der Waals surface area contributed by atoms with E-state index in [1.54, 1.807) is 30.3 Å². The van der Waals surface area contributed by atoms with Crippen LogP contribution in [0.15, 0.2) is 47.4 Å². The number of aromatic carboxylic acids is 1. The topological polar surface area (TPSA) is 89.9 Å². The molecule has 0 atom stereocenters. The Labute approximate surface area is 158 Å². The summed E-state index contributed by atoms with van der Waals surface area (Å²) >= 11 is 6.38. The Morgan fingerprint density at radius 1 is 1.31 bits per heavy atom. The minimum absolute atomic E-state index is 0.0660. The van der Waals surface area contributed by atoms with E-state index < -0.39 is 5.97 Å². The molecule has 3 rings (SSSR count). The van der Waals surface area contributed by atoms with Crippen LogP contribution in [0.5, 0.6) is 11.5 Å². The molecule has 1 heterocycles. The van der Waals surface area contributed by atoms with E-state index in [0.29, 0.717) is 20.5 Å². The highest BCUT2D eigenvalue weighted by atomic mass is 32.2. The number of ether oxygens (including phenoxy) is 1. The fourth-order valence-electron chi connectivity index (χ4n) is 2.39. The summed E-state index contributed by atoms with van der Waals surface area (Å²) in [7, 11) is 1.40. The maximum absolute atomic E-state index is 12.7. The number of benzene rings is 2. The standard InChI is InChI=1S/C18H13NO5S2/c1-24-14-7-10(5-6-13(14)20)8-15-16(21)19(18(25)26-15)12-4-2-3-11(9-12)17(22)23/h2-9,20H,1H3,(H,22,23)/p-1. The third-order valence-corrected chi connectivity index (χ3v) is 4.93. The van der Waals surface area contributed by atoms with Crippen molar-refractivity contribution in [1.29, 1.82) is 0 Å². The first-order valence-electron chi connectivity index (χ1n) is 7.37.